The summed E-state index contributed by atoms with van der Waals surface area (Å²) in [5.74, 6) is 0.842. The lowest BCUT2D eigenvalue weighted by molar-refractivity contribution is 0.415. The highest BCUT2D eigenvalue weighted by molar-refractivity contribution is 5.91. The molecular formula is C14H18ClN3O. The van der Waals surface area contributed by atoms with Crippen LogP contribution >= 0.6 is 12.4 Å². The van der Waals surface area contributed by atoms with Crippen LogP contribution in [0.2, 0.25) is 0 Å². The first-order valence-electron chi connectivity index (χ1n) is 6.27. The van der Waals surface area contributed by atoms with E-state index in [1.807, 2.05) is 24.4 Å². The van der Waals surface area contributed by atoms with Crippen LogP contribution in [0.4, 0.5) is 5.69 Å². The maximum Gasteiger partial charge on any atom is 0.121 e. The van der Waals surface area contributed by atoms with Crippen molar-refractivity contribution in [2.45, 2.75) is 12.5 Å². The van der Waals surface area contributed by atoms with E-state index in [1.54, 1.807) is 7.11 Å². The SMILES string of the molecule is COc1ccc2c(N[C@@H]3CCNC3)ccnc2c1.Cl. The summed E-state index contributed by atoms with van der Waals surface area (Å²) in [6.45, 7) is 2.12. The smallest absolute Gasteiger partial charge is 0.121 e. The summed E-state index contributed by atoms with van der Waals surface area (Å²) in [6.07, 6.45) is 3.01. The number of hydrogen-bond donors (Lipinski definition) is 2. The second kappa shape index (κ2) is 6.08. The van der Waals surface area contributed by atoms with Gasteiger partial charge in [0.15, 0.2) is 0 Å². The van der Waals surface area contributed by atoms with Gasteiger partial charge >= 0.3 is 0 Å². The number of nitrogens with one attached hydrogen (secondary N) is 2. The number of benzene rings is 1. The normalized spacial score (nSPS) is 18.1. The Morgan fingerprint density at radius 2 is 2.26 bits per heavy atom. The Morgan fingerprint density at radius 1 is 1.37 bits per heavy atom. The molecule has 1 aromatic heterocycles. The van der Waals surface area contributed by atoms with Crippen LogP contribution in [0.25, 0.3) is 10.9 Å². The highest BCUT2D eigenvalue weighted by Gasteiger charge is 2.15. The van der Waals surface area contributed by atoms with Crippen molar-refractivity contribution in [1.29, 1.82) is 0 Å². The van der Waals surface area contributed by atoms with Gasteiger partial charge in [-0.2, -0.15) is 0 Å². The second-order valence-corrected chi connectivity index (χ2v) is 4.58. The lowest BCUT2D eigenvalue weighted by Gasteiger charge is -2.15. The topological polar surface area (TPSA) is 46.2 Å². The minimum absolute atomic E-state index is 0. The van der Waals surface area contributed by atoms with Crippen molar-refractivity contribution in [1.82, 2.24) is 10.3 Å². The highest BCUT2D eigenvalue weighted by Crippen LogP contribution is 2.26. The van der Waals surface area contributed by atoms with E-state index in [-0.39, 0.29) is 12.4 Å². The van der Waals surface area contributed by atoms with Gasteiger partial charge in [0.05, 0.1) is 12.6 Å². The van der Waals surface area contributed by atoms with Gasteiger partial charge in [0, 0.05) is 35.9 Å². The quantitative estimate of drug-likeness (QED) is 0.906. The average Bonchev–Trinajstić information content (AvgIpc) is 2.91. The Balaban J connectivity index is 0.00000133. The van der Waals surface area contributed by atoms with Gasteiger partial charge in [-0.3, -0.25) is 4.98 Å². The van der Waals surface area contributed by atoms with Crippen molar-refractivity contribution in [3.8, 4) is 5.75 Å². The molecule has 1 fully saturated rings. The number of rotatable bonds is 3. The van der Waals surface area contributed by atoms with Gasteiger partial charge in [0.2, 0.25) is 0 Å². The first-order chi connectivity index (χ1) is 8.86. The molecule has 5 heteroatoms. The molecule has 1 aliphatic rings. The largest absolute Gasteiger partial charge is 0.497 e. The highest BCUT2D eigenvalue weighted by atomic mass is 35.5. The van der Waals surface area contributed by atoms with Crippen molar-refractivity contribution in [2.75, 3.05) is 25.5 Å². The van der Waals surface area contributed by atoms with Crippen LogP contribution in [-0.2, 0) is 0 Å². The second-order valence-electron chi connectivity index (χ2n) is 4.58. The third-order valence-corrected chi connectivity index (χ3v) is 3.37. The maximum absolute atomic E-state index is 5.23. The van der Waals surface area contributed by atoms with E-state index in [1.165, 1.54) is 6.42 Å². The molecule has 1 aliphatic heterocycles. The van der Waals surface area contributed by atoms with Crippen LogP contribution in [0.5, 0.6) is 5.75 Å². The van der Waals surface area contributed by atoms with Gasteiger partial charge in [-0.05, 0) is 31.2 Å². The summed E-state index contributed by atoms with van der Waals surface area (Å²) in [5.41, 5.74) is 2.11. The molecule has 102 valence electrons. The van der Waals surface area contributed by atoms with Crippen LogP contribution in [0.15, 0.2) is 30.5 Å². The lowest BCUT2D eigenvalue weighted by Crippen LogP contribution is -2.22. The van der Waals surface area contributed by atoms with E-state index < -0.39 is 0 Å². The standard InChI is InChI=1S/C14H17N3O.ClH/c1-18-11-2-3-12-13(5-7-16-14(12)8-11)17-10-4-6-15-9-10;/h2-3,5,7-8,10,15H,4,6,9H2,1H3,(H,16,17);1H/t10-;/m1./s1. The number of fused-ring (bicyclic) bond motifs is 1. The van der Waals surface area contributed by atoms with E-state index in [2.05, 4.69) is 21.7 Å². The first kappa shape index (κ1) is 13.9. The molecule has 4 nitrogen and oxygen atoms in total. The molecule has 1 aromatic carbocycles. The summed E-state index contributed by atoms with van der Waals surface area (Å²) >= 11 is 0. The molecule has 0 unspecified atom stereocenters. The molecule has 0 saturated carbocycles. The summed E-state index contributed by atoms with van der Waals surface area (Å²) < 4.78 is 5.23. The van der Waals surface area contributed by atoms with E-state index in [0.29, 0.717) is 6.04 Å². The van der Waals surface area contributed by atoms with Gasteiger partial charge in [0.25, 0.3) is 0 Å². The van der Waals surface area contributed by atoms with Gasteiger partial charge in [0.1, 0.15) is 5.75 Å². The molecule has 1 atom stereocenters. The van der Waals surface area contributed by atoms with Crippen molar-refractivity contribution >= 4 is 29.0 Å². The zero-order chi connectivity index (χ0) is 12.4. The zero-order valence-corrected chi connectivity index (χ0v) is 11.7. The van der Waals surface area contributed by atoms with Crippen molar-refractivity contribution in [2.24, 2.45) is 0 Å². The summed E-state index contributed by atoms with van der Waals surface area (Å²) in [4.78, 5) is 4.39. The van der Waals surface area contributed by atoms with E-state index >= 15 is 0 Å². The Morgan fingerprint density at radius 3 is 3.00 bits per heavy atom. The summed E-state index contributed by atoms with van der Waals surface area (Å²) in [5, 5.41) is 8.08. The van der Waals surface area contributed by atoms with Crippen molar-refractivity contribution < 1.29 is 4.74 Å². The minimum Gasteiger partial charge on any atom is -0.497 e. The van der Waals surface area contributed by atoms with E-state index in [9.17, 15) is 0 Å². The predicted octanol–water partition coefficient (Wildman–Crippen LogP) is 2.44. The van der Waals surface area contributed by atoms with Crippen LogP contribution in [0, 0.1) is 0 Å². The van der Waals surface area contributed by atoms with Gasteiger partial charge in [-0.15, -0.1) is 12.4 Å². The predicted molar refractivity (Wildman–Crippen MR) is 80.4 cm³/mol. The van der Waals surface area contributed by atoms with Gasteiger partial charge < -0.3 is 15.4 Å². The third kappa shape index (κ3) is 2.91. The molecule has 2 heterocycles. The van der Waals surface area contributed by atoms with Crippen LogP contribution in [0.1, 0.15) is 6.42 Å². The minimum atomic E-state index is 0. The van der Waals surface area contributed by atoms with Crippen LogP contribution in [-0.4, -0.2) is 31.2 Å². The molecule has 0 radical (unpaired) electrons. The van der Waals surface area contributed by atoms with Crippen LogP contribution in [0.3, 0.4) is 0 Å². The van der Waals surface area contributed by atoms with E-state index in [0.717, 1.165) is 35.4 Å². The number of halogens is 1. The Bertz CT molecular complexity index is 555. The zero-order valence-electron chi connectivity index (χ0n) is 10.8. The molecule has 0 spiro atoms. The number of methoxy groups -OCH3 is 1. The number of ether oxygens (including phenoxy) is 1. The molecule has 0 aliphatic carbocycles. The number of nitrogens with zero attached hydrogens (tertiary/aromatic N) is 1. The Kier molecular flexibility index (Phi) is 4.45. The number of pyridine rings is 1. The van der Waals surface area contributed by atoms with Crippen molar-refractivity contribution in [3.05, 3.63) is 30.5 Å². The third-order valence-electron chi connectivity index (χ3n) is 3.37. The fraction of sp³-hybridized carbons (Fsp3) is 0.357. The molecule has 2 aromatic rings. The Hall–Kier alpha value is -1.52. The fourth-order valence-corrected chi connectivity index (χ4v) is 2.38. The van der Waals surface area contributed by atoms with Gasteiger partial charge in [-0.1, -0.05) is 0 Å². The summed E-state index contributed by atoms with van der Waals surface area (Å²) in [7, 11) is 1.67. The average molecular weight is 280 g/mol. The molecule has 19 heavy (non-hydrogen) atoms. The fourth-order valence-electron chi connectivity index (χ4n) is 2.38. The number of aromatic nitrogens is 1. The molecule has 3 rings (SSSR count). The molecular weight excluding hydrogens is 262 g/mol. The molecule has 2 N–H and O–H groups in total. The van der Waals surface area contributed by atoms with E-state index in [4.69, 9.17) is 4.74 Å². The molecule has 1 saturated heterocycles. The van der Waals surface area contributed by atoms with Crippen molar-refractivity contribution in [3.63, 3.8) is 0 Å². The molecule has 0 bridgehead atoms. The molecule has 0 amide bonds. The maximum atomic E-state index is 5.23. The lowest BCUT2D eigenvalue weighted by atomic mass is 10.1. The van der Waals surface area contributed by atoms with Gasteiger partial charge in [-0.25, -0.2) is 0 Å². The summed E-state index contributed by atoms with van der Waals surface area (Å²) in [6, 6.07) is 8.55. The first-order valence-corrected chi connectivity index (χ1v) is 6.27. The Labute approximate surface area is 119 Å². The monoisotopic (exact) mass is 279 g/mol. The van der Waals surface area contributed by atoms with Crippen LogP contribution < -0.4 is 15.4 Å². The number of hydrogen-bond acceptors (Lipinski definition) is 4. The number of anilines is 1.